The van der Waals surface area contributed by atoms with E-state index < -0.39 is 22.5 Å². The zero-order valence-electron chi connectivity index (χ0n) is 11.2. The predicted octanol–water partition coefficient (Wildman–Crippen LogP) is 1.73. The van der Waals surface area contributed by atoms with Crippen molar-refractivity contribution >= 4 is 16.0 Å². The molecule has 0 saturated heterocycles. The Morgan fingerprint density at radius 2 is 1.79 bits per heavy atom. The van der Waals surface area contributed by atoms with E-state index in [0.717, 1.165) is 22.7 Å². The maximum Gasteiger partial charge on any atom is 0.318 e. The highest BCUT2D eigenvalue weighted by molar-refractivity contribution is 7.89. The van der Waals surface area contributed by atoms with Crippen LogP contribution in [0.2, 0.25) is 0 Å². The molecule has 1 aromatic rings. The second-order valence-corrected chi connectivity index (χ2v) is 6.16. The first-order chi connectivity index (χ1) is 8.91. The molecule has 0 aliphatic carbocycles. The molecule has 0 bridgehead atoms. The Kier molecular flexibility index (Phi) is 5.50. The Labute approximate surface area is 113 Å². The molecule has 0 aliphatic heterocycles. The van der Waals surface area contributed by atoms with Crippen molar-refractivity contribution in [2.75, 3.05) is 13.1 Å². The van der Waals surface area contributed by atoms with Crippen LogP contribution in [0.15, 0.2) is 29.2 Å². The average Bonchev–Trinajstić information content (AvgIpc) is 2.36. The Morgan fingerprint density at radius 3 is 2.21 bits per heavy atom. The van der Waals surface area contributed by atoms with Crippen molar-refractivity contribution in [3.05, 3.63) is 29.8 Å². The van der Waals surface area contributed by atoms with E-state index in [4.69, 9.17) is 5.11 Å². The largest absolute Gasteiger partial charge is 0.480 e. The molecule has 19 heavy (non-hydrogen) atoms. The number of aryl methyl sites for hydroxylation is 1. The first-order valence-corrected chi connectivity index (χ1v) is 7.66. The molecular formula is C13H19NO4S. The molecule has 0 saturated carbocycles. The SMILES string of the molecule is CCCc1ccc(S(=O)(=O)N(CC)CC(=O)O)cc1. The van der Waals surface area contributed by atoms with E-state index in [-0.39, 0.29) is 11.4 Å². The van der Waals surface area contributed by atoms with Crippen molar-refractivity contribution in [1.82, 2.24) is 4.31 Å². The van der Waals surface area contributed by atoms with Gasteiger partial charge in [-0.15, -0.1) is 0 Å². The normalized spacial score (nSPS) is 11.7. The molecule has 5 nitrogen and oxygen atoms in total. The van der Waals surface area contributed by atoms with E-state index in [9.17, 15) is 13.2 Å². The van der Waals surface area contributed by atoms with Gasteiger partial charge in [0.05, 0.1) is 4.90 Å². The summed E-state index contributed by atoms with van der Waals surface area (Å²) in [5.41, 5.74) is 1.07. The van der Waals surface area contributed by atoms with Crippen LogP contribution >= 0.6 is 0 Å². The van der Waals surface area contributed by atoms with Crippen LogP contribution in [0.1, 0.15) is 25.8 Å². The van der Waals surface area contributed by atoms with E-state index in [0.29, 0.717) is 0 Å². The number of aliphatic carboxylic acids is 1. The molecule has 106 valence electrons. The standard InChI is InChI=1S/C13H19NO4S/c1-3-5-11-6-8-12(9-7-11)19(17,18)14(4-2)10-13(15)16/h6-9H,3-5,10H2,1-2H3,(H,15,16). The number of rotatable bonds is 7. The summed E-state index contributed by atoms with van der Waals surface area (Å²) in [6.45, 7) is 3.28. The molecule has 1 N–H and O–H groups in total. The van der Waals surface area contributed by atoms with Gasteiger partial charge < -0.3 is 5.11 Å². The lowest BCUT2D eigenvalue weighted by Crippen LogP contribution is -2.35. The van der Waals surface area contributed by atoms with Crippen LogP contribution < -0.4 is 0 Å². The average molecular weight is 285 g/mol. The van der Waals surface area contributed by atoms with E-state index in [1.54, 1.807) is 19.1 Å². The molecule has 0 radical (unpaired) electrons. The number of carbonyl (C=O) groups is 1. The minimum absolute atomic E-state index is 0.130. The van der Waals surface area contributed by atoms with Crippen molar-refractivity contribution in [3.8, 4) is 0 Å². The quantitative estimate of drug-likeness (QED) is 0.828. The molecule has 0 fully saturated rings. The number of hydrogen-bond donors (Lipinski definition) is 1. The topological polar surface area (TPSA) is 74.7 Å². The summed E-state index contributed by atoms with van der Waals surface area (Å²) in [5.74, 6) is -1.16. The highest BCUT2D eigenvalue weighted by Gasteiger charge is 2.24. The molecule has 0 aliphatic rings. The second kappa shape index (κ2) is 6.68. The van der Waals surface area contributed by atoms with Crippen LogP contribution in [-0.2, 0) is 21.2 Å². The number of sulfonamides is 1. The summed E-state index contributed by atoms with van der Waals surface area (Å²) in [6.07, 6.45) is 1.89. The van der Waals surface area contributed by atoms with Crippen LogP contribution in [0.3, 0.4) is 0 Å². The van der Waals surface area contributed by atoms with Crippen molar-refractivity contribution in [1.29, 1.82) is 0 Å². The number of nitrogens with zero attached hydrogens (tertiary/aromatic N) is 1. The molecule has 6 heteroatoms. The van der Waals surface area contributed by atoms with E-state index >= 15 is 0 Å². The smallest absolute Gasteiger partial charge is 0.318 e. The minimum atomic E-state index is -3.73. The molecule has 0 heterocycles. The summed E-state index contributed by atoms with van der Waals surface area (Å²) >= 11 is 0. The number of carboxylic acid groups (broad SMARTS) is 1. The number of carboxylic acids is 1. The van der Waals surface area contributed by atoms with Crippen LogP contribution in [0.5, 0.6) is 0 Å². The van der Waals surface area contributed by atoms with Crippen LogP contribution in [0.4, 0.5) is 0 Å². The third-order valence-corrected chi connectivity index (χ3v) is 4.70. The maximum atomic E-state index is 12.2. The van der Waals surface area contributed by atoms with Crippen LogP contribution in [0.25, 0.3) is 0 Å². The summed E-state index contributed by atoms with van der Waals surface area (Å²) in [6, 6.07) is 6.60. The van der Waals surface area contributed by atoms with Gasteiger partial charge in [0.15, 0.2) is 0 Å². The van der Waals surface area contributed by atoms with Crippen molar-refractivity contribution in [3.63, 3.8) is 0 Å². The van der Waals surface area contributed by atoms with Gasteiger partial charge in [0.2, 0.25) is 10.0 Å². The highest BCUT2D eigenvalue weighted by atomic mass is 32.2. The Hall–Kier alpha value is -1.40. The molecule has 1 aromatic carbocycles. The first kappa shape index (κ1) is 15.7. The molecule has 0 aromatic heterocycles. The zero-order chi connectivity index (χ0) is 14.5. The van der Waals surface area contributed by atoms with Gasteiger partial charge in [-0.25, -0.2) is 8.42 Å². The highest BCUT2D eigenvalue weighted by Crippen LogP contribution is 2.16. The second-order valence-electron chi connectivity index (χ2n) is 4.22. The number of benzene rings is 1. The van der Waals surface area contributed by atoms with Gasteiger partial charge in [0, 0.05) is 6.54 Å². The third kappa shape index (κ3) is 4.04. The maximum absolute atomic E-state index is 12.2. The fraction of sp³-hybridized carbons (Fsp3) is 0.462. The number of likely N-dealkylation sites (N-methyl/N-ethyl adjacent to an activating group) is 1. The third-order valence-electron chi connectivity index (χ3n) is 2.76. The Morgan fingerprint density at radius 1 is 1.21 bits per heavy atom. The van der Waals surface area contributed by atoms with Crippen LogP contribution in [-0.4, -0.2) is 36.9 Å². The molecule has 0 atom stereocenters. The Bertz CT molecular complexity index is 522. The van der Waals surface area contributed by atoms with Gasteiger partial charge in [-0.2, -0.15) is 4.31 Å². The van der Waals surface area contributed by atoms with Gasteiger partial charge in [-0.3, -0.25) is 4.79 Å². The van der Waals surface area contributed by atoms with Gasteiger partial charge in [-0.1, -0.05) is 32.4 Å². The van der Waals surface area contributed by atoms with Gasteiger partial charge in [-0.05, 0) is 24.1 Å². The van der Waals surface area contributed by atoms with E-state index in [2.05, 4.69) is 6.92 Å². The summed E-state index contributed by atoms with van der Waals surface area (Å²) in [5, 5.41) is 8.73. The summed E-state index contributed by atoms with van der Waals surface area (Å²) < 4.78 is 25.4. The minimum Gasteiger partial charge on any atom is -0.480 e. The predicted molar refractivity (Wildman–Crippen MR) is 72.5 cm³/mol. The molecular weight excluding hydrogens is 266 g/mol. The molecule has 0 unspecified atom stereocenters. The van der Waals surface area contributed by atoms with E-state index in [1.165, 1.54) is 12.1 Å². The number of hydrogen-bond acceptors (Lipinski definition) is 3. The van der Waals surface area contributed by atoms with Gasteiger partial charge >= 0.3 is 5.97 Å². The van der Waals surface area contributed by atoms with E-state index in [1.807, 2.05) is 0 Å². The van der Waals surface area contributed by atoms with Crippen molar-refractivity contribution in [2.24, 2.45) is 0 Å². The molecule has 0 spiro atoms. The van der Waals surface area contributed by atoms with Gasteiger partial charge in [0.25, 0.3) is 0 Å². The lowest BCUT2D eigenvalue weighted by atomic mass is 10.1. The summed E-state index contributed by atoms with van der Waals surface area (Å²) in [4.78, 5) is 10.8. The fourth-order valence-corrected chi connectivity index (χ4v) is 3.18. The van der Waals surface area contributed by atoms with Crippen LogP contribution in [0, 0.1) is 0 Å². The Balaban J connectivity index is 3.01. The molecule has 1 rings (SSSR count). The zero-order valence-corrected chi connectivity index (χ0v) is 12.0. The van der Waals surface area contributed by atoms with Crippen molar-refractivity contribution in [2.45, 2.75) is 31.6 Å². The summed E-state index contributed by atoms with van der Waals surface area (Å²) in [7, 11) is -3.73. The lowest BCUT2D eigenvalue weighted by Gasteiger charge is -2.18. The lowest BCUT2D eigenvalue weighted by molar-refractivity contribution is -0.137. The van der Waals surface area contributed by atoms with Gasteiger partial charge in [0.1, 0.15) is 6.54 Å². The first-order valence-electron chi connectivity index (χ1n) is 6.22. The monoisotopic (exact) mass is 285 g/mol. The molecule has 0 amide bonds. The van der Waals surface area contributed by atoms with Crippen molar-refractivity contribution < 1.29 is 18.3 Å². The fourth-order valence-electron chi connectivity index (χ4n) is 1.78.